The molecule has 8 rings (SSSR count). The van der Waals surface area contributed by atoms with Crippen LogP contribution in [0.5, 0.6) is 0 Å². The number of benzene rings is 2. The maximum absolute atomic E-state index is 12.8. The van der Waals surface area contributed by atoms with E-state index in [1.807, 2.05) is 18.3 Å². The second-order valence-electron chi connectivity index (χ2n) is 11.9. The van der Waals surface area contributed by atoms with E-state index >= 15 is 0 Å². The normalized spacial score (nSPS) is 23.3. The number of carbonyl (C=O) groups is 2. The van der Waals surface area contributed by atoms with Crippen molar-refractivity contribution in [1.82, 2.24) is 29.5 Å². The highest BCUT2D eigenvalue weighted by Gasteiger charge is 2.41. The van der Waals surface area contributed by atoms with Crippen LogP contribution in [-0.2, 0) is 0 Å². The van der Waals surface area contributed by atoms with Crippen LogP contribution in [0.15, 0.2) is 54.9 Å². The molecule has 3 fully saturated rings. The summed E-state index contributed by atoms with van der Waals surface area (Å²) in [5.74, 6) is 1.03. The second kappa shape index (κ2) is 8.55. The maximum Gasteiger partial charge on any atom is 0.261 e. The van der Waals surface area contributed by atoms with Crippen molar-refractivity contribution in [2.45, 2.75) is 43.6 Å². The number of likely N-dealkylation sites (N-methyl/N-ethyl adjacent to an activating group) is 1. The standard InChI is InChI=1S/C31H30N6O2/c1-35-15-21(16-35)20-8-9-26-27(12-20)32-13-28(33-26)25-17-37(34-29(25)19-6-7-19)22-10-18(11-22)14-36-30(38)23-4-2-3-5-24(23)31(36)39/h2-5,8-9,12-13,17-19,21-22H,6-7,10-11,14-16H2,1H3. The number of rotatable bonds is 6. The molecule has 0 N–H and O–H groups in total. The summed E-state index contributed by atoms with van der Waals surface area (Å²) >= 11 is 0. The van der Waals surface area contributed by atoms with Crippen molar-refractivity contribution in [3.05, 3.63) is 77.2 Å². The molecule has 8 heteroatoms. The fourth-order valence-corrected chi connectivity index (χ4v) is 6.50. The highest BCUT2D eigenvalue weighted by atomic mass is 16.2. The number of hydrogen-bond acceptors (Lipinski definition) is 6. The molecule has 1 saturated heterocycles. The molecule has 4 aliphatic rings. The highest BCUT2D eigenvalue weighted by Crippen LogP contribution is 2.46. The summed E-state index contributed by atoms with van der Waals surface area (Å²) < 4.78 is 2.10. The lowest BCUT2D eigenvalue weighted by Gasteiger charge is -2.37. The van der Waals surface area contributed by atoms with Crippen molar-refractivity contribution in [3.8, 4) is 11.3 Å². The fraction of sp³-hybridized carbons (Fsp3) is 0.387. The number of carbonyl (C=O) groups excluding carboxylic acids is 2. The molecule has 4 heterocycles. The summed E-state index contributed by atoms with van der Waals surface area (Å²) in [7, 11) is 2.15. The number of nitrogens with zero attached hydrogens (tertiary/aromatic N) is 6. The quantitative estimate of drug-likeness (QED) is 0.346. The van der Waals surface area contributed by atoms with Gasteiger partial charge in [-0.3, -0.25) is 24.2 Å². The van der Waals surface area contributed by atoms with E-state index in [-0.39, 0.29) is 17.9 Å². The van der Waals surface area contributed by atoms with E-state index < -0.39 is 0 Å². The number of likely N-dealkylation sites (tertiary alicyclic amines) is 1. The van der Waals surface area contributed by atoms with Crippen molar-refractivity contribution in [1.29, 1.82) is 0 Å². The zero-order chi connectivity index (χ0) is 26.2. The van der Waals surface area contributed by atoms with E-state index in [2.05, 4.69) is 41.0 Å². The fourth-order valence-electron chi connectivity index (χ4n) is 6.50. The van der Waals surface area contributed by atoms with Gasteiger partial charge in [-0.25, -0.2) is 4.98 Å². The number of amides is 2. The van der Waals surface area contributed by atoms with E-state index in [1.165, 1.54) is 10.5 Å². The molecule has 2 saturated carbocycles. The van der Waals surface area contributed by atoms with Crippen molar-refractivity contribution in [3.63, 3.8) is 0 Å². The van der Waals surface area contributed by atoms with Gasteiger partial charge < -0.3 is 4.90 Å². The van der Waals surface area contributed by atoms with Crippen LogP contribution in [0, 0.1) is 5.92 Å². The Morgan fingerprint density at radius 1 is 0.897 bits per heavy atom. The first kappa shape index (κ1) is 23.0. The number of hydrogen-bond donors (Lipinski definition) is 0. The lowest BCUT2D eigenvalue weighted by atomic mass is 9.80. The van der Waals surface area contributed by atoms with E-state index in [0.717, 1.165) is 66.8 Å². The van der Waals surface area contributed by atoms with Crippen LogP contribution < -0.4 is 0 Å². The summed E-state index contributed by atoms with van der Waals surface area (Å²) in [6.45, 7) is 2.67. The SMILES string of the molecule is CN1CC(c2ccc3nc(-c4cn(C5CC(CN6C(=O)c7ccccc7C6=O)C5)nc4C4CC4)cnc3c2)C1. The Hall–Kier alpha value is -3.91. The lowest BCUT2D eigenvalue weighted by molar-refractivity contribution is 0.0561. The third kappa shape index (κ3) is 3.80. The molecule has 0 unspecified atom stereocenters. The molecule has 2 amide bonds. The third-order valence-corrected chi connectivity index (χ3v) is 9.01. The van der Waals surface area contributed by atoms with Gasteiger partial charge in [0.2, 0.25) is 0 Å². The van der Waals surface area contributed by atoms with Gasteiger partial charge in [-0.2, -0.15) is 5.10 Å². The Labute approximate surface area is 226 Å². The van der Waals surface area contributed by atoms with Crippen LogP contribution >= 0.6 is 0 Å². The third-order valence-electron chi connectivity index (χ3n) is 9.01. The predicted molar refractivity (Wildman–Crippen MR) is 147 cm³/mol. The van der Waals surface area contributed by atoms with Gasteiger partial charge in [-0.15, -0.1) is 0 Å². The second-order valence-corrected chi connectivity index (χ2v) is 11.9. The molecule has 2 aromatic carbocycles. The smallest absolute Gasteiger partial charge is 0.261 e. The molecule has 8 nitrogen and oxygen atoms in total. The van der Waals surface area contributed by atoms with Crippen LogP contribution in [0.2, 0.25) is 0 Å². The molecule has 39 heavy (non-hydrogen) atoms. The first-order valence-corrected chi connectivity index (χ1v) is 14.0. The van der Waals surface area contributed by atoms with Crippen molar-refractivity contribution in [2.75, 3.05) is 26.7 Å². The van der Waals surface area contributed by atoms with Gasteiger partial charge in [0, 0.05) is 43.2 Å². The van der Waals surface area contributed by atoms with E-state index in [0.29, 0.717) is 35.4 Å². The Balaban J connectivity index is 0.998. The van der Waals surface area contributed by atoms with Gasteiger partial charge in [0.25, 0.3) is 11.8 Å². The zero-order valence-corrected chi connectivity index (χ0v) is 22.0. The first-order valence-electron chi connectivity index (χ1n) is 14.0. The van der Waals surface area contributed by atoms with Crippen molar-refractivity contribution in [2.24, 2.45) is 5.92 Å². The molecule has 0 radical (unpaired) electrons. The molecule has 0 atom stereocenters. The topological polar surface area (TPSA) is 84.2 Å². The summed E-state index contributed by atoms with van der Waals surface area (Å²) in [6, 6.07) is 13.9. The Morgan fingerprint density at radius 2 is 1.64 bits per heavy atom. The minimum atomic E-state index is -0.168. The summed E-state index contributed by atoms with van der Waals surface area (Å²) in [4.78, 5) is 39.1. The predicted octanol–water partition coefficient (Wildman–Crippen LogP) is 4.65. The molecule has 0 spiro atoms. The molecule has 2 aliphatic heterocycles. The van der Waals surface area contributed by atoms with Gasteiger partial charge in [0.1, 0.15) is 0 Å². The van der Waals surface area contributed by atoms with Gasteiger partial charge >= 0.3 is 0 Å². The van der Waals surface area contributed by atoms with Crippen LogP contribution in [0.1, 0.15) is 75.5 Å². The van der Waals surface area contributed by atoms with E-state index in [1.54, 1.807) is 12.1 Å². The summed E-state index contributed by atoms with van der Waals surface area (Å²) in [5, 5.41) is 5.04. The molecule has 2 aromatic heterocycles. The Kier molecular flexibility index (Phi) is 5.04. The first-order chi connectivity index (χ1) is 19.0. The molecule has 196 valence electrons. The zero-order valence-electron chi connectivity index (χ0n) is 22.0. The largest absolute Gasteiger partial charge is 0.305 e. The average Bonchev–Trinajstić information content (AvgIpc) is 3.62. The molecule has 0 bridgehead atoms. The lowest BCUT2D eigenvalue weighted by Crippen LogP contribution is -2.41. The Bertz CT molecular complexity index is 1610. The molecule has 4 aromatic rings. The van der Waals surface area contributed by atoms with Crippen molar-refractivity contribution < 1.29 is 9.59 Å². The number of imide groups is 1. The average molecular weight is 519 g/mol. The molecular weight excluding hydrogens is 488 g/mol. The van der Waals surface area contributed by atoms with Crippen LogP contribution in [0.4, 0.5) is 0 Å². The number of fused-ring (bicyclic) bond motifs is 2. The van der Waals surface area contributed by atoms with Gasteiger partial charge in [0.15, 0.2) is 0 Å². The van der Waals surface area contributed by atoms with Gasteiger partial charge in [-0.1, -0.05) is 18.2 Å². The maximum atomic E-state index is 12.8. The summed E-state index contributed by atoms with van der Waals surface area (Å²) in [5.41, 5.74) is 7.34. The van der Waals surface area contributed by atoms with E-state index in [4.69, 9.17) is 15.1 Å². The van der Waals surface area contributed by atoms with Crippen molar-refractivity contribution >= 4 is 22.8 Å². The van der Waals surface area contributed by atoms with Gasteiger partial charge in [-0.05, 0) is 68.5 Å². The highest BCUT2D eigenvalue weighted by molar-refractivity contribution is 6.21. The Morgan fingerprint density at radius 3 is 2.33 bits per heavy atom. The minimum absolute atomic E-state index is 0.168. The van der Waals surface area contributed by atoms with Crippen LogP contribution in [0.25, 0.3) is 22.3 Å². The van der Waals surface area contributed by atoms with E-state index in [9.17, 15) is 9.59 Å². The van der Waals surface area contributed by atoms with Crippen LogP contribution in [0.3, 0.4) is 0 Å². The minimum Gasteiger partial charge on any atom is -0.305 e. The van der Waals surface area contributed by atoms with Crippen LogP contribution in [-0.4, -0.2) is 68.0 Å². The molecule has 2 aliphatic carbocycles. The summed E-state index contributed by atoms with van der Waals surface area (Å²) in [6.07, 6.45) is 8.18. The van der Waals surface area contributed by atoms with Gasteiger partial charge in [0.05, 0.1) is 45.8 Å². The molecular formula is C31H30N6O2. The monoisotopic (exact) mass is 518 g/mol. The number of aromatic nitrogens is 4.